The summed E-state index contributed by atoms with van der Waals surface area (Å²) < 4.78 is 16.1. The summed E-state index contributed by atoms with van der Waals surface area (Å²) in [6.07, 6.45) is -0.646. The van der Waals surface area contributed by atoms with Gasteiger partial charge in [0.2, 0.25) is 0 Å². The van der Waals surface area contributed by atoms with Gasteiger partial charge in [-0.1, -0.05) is 12.1 Å². The highest BCUT2D eigenvalue weighted by molar-refractivity contribution is 5.95. The Balaban J connectivity index is 2.09. The molecule has 0 bridgehead atoms. The maximum Gasteiger partial charge on any atom is 0.265 e. The molecule has 0 radical (unpaired) electrons. The lowest BCUT2D eigenvalue weighted by atomic mass is 10.2. The fourth-order valence-corrected chi connectivity index (χ4v) is 2.09. The molecule has 1 amide bonds. The fourth-order valence-electron chi connectivity index (χ4n) is 2.09. The molecule has 0 heterocycles. The Kier molecular flexibility index (Phi) is 5.46. The largest absolute Gasteiger partial charge is 0.497 e. The molecule has 0 spiro atoms. The number of hydrogen-bond donors (Lipinski definition) is 1. The van der Waals surface area contributed by atoms with Gasteiger partial charge in [-0.15, -0.1) is 0 Å². The highest BCUT2D eigenvalue weighted by Crippen LogP contribution is 2.29. The van der Waals surface area contributed by atoms with Gasteiger partial charge in [0.1, 0.15) is 17.2 Å². The maximum atomic E-state index is 12.3. The van der Waals surface area contributed by atoms with Gasteiger partial charge in [-0.25, -0.2) is 0 Å². The normalized spacial score (nSPS) is 11.5. The zero-order chi connectivity index (χ0) is 16.8. The van der Waals surface area contributed by atoms with Crippen molar-refractivity contribution in [2.24, 2.45) is 0 Å². The molecule has 2 aromatic rings. The summed E-state index contributed by atoms with van der Waals surface area (Å²) in [7, 11) is 3.11. The minimum atomic E-state index is -0.646. The minimum Gasteiger partial charge on any atom is -0.497 e. The van der Waals surface area contributed by atoms with Gasteiger partial charge in [0.15, 0.2) is 6.10 Å². The summed E-state index contributed by atoms with van der Waals surface area (Å²) in [5, 5.41) is 2.80. The molecule has 0 aromatic heterocycles. The van der Waals surface area contributed by atoms with Crippen LogP contribution in [0.5, 0.6) is 17.2 Å². The number of carbonyl (C=O) groups excluding carboxylic acids is 1. The highest BCUT2D eigenvalue weighted by Gasteiger charge is 2.17. The summed E-state index contributed by atoms with van der Waals surface area (Å²) in [6, 6.07) is 12.8. The van der Waals surface area contributed by atoms with Gasteiger partial charge in [0.05, 0.1) is 19.9 Å². The second-order valence-corrected chi connectivity index (χ2v) is 5.13. The maximum absolute atomic E-state index is 12.3. The van der Waals surface area contributed by atoms with Crippen LogP contribution >= 0.6 is 0 Å². The third kappa shape index (κ3) is 4.39. The van der Waals surface area contributed by atoms with Crippen LogP contribution in [0.3, 0.4) is 0 Å². The van der Waals surface area contributed by atoms with E-state index in [2.05, 4.69) is 5.32 Å². The first-order valence-electron chi connectivity index (χ1n) is 7.29. The molecule has 0 aliphatic heterocycles. The molecule has 2 aromatic carbocycles. The molecule has 1 unspecified atom stereocenters. The Labute approximate surface area is 136 Å². The Hall–Kier alpha value is -2.69. The zero-order valence-corrected chi connectivity index (χ0v) is 13.8. The quantitative estimate of drug-likeness (QED) is 0.887. The number of nitrogens with one attached hydrogen (secondary N) is 1. The van der Waals surface area contributed by atoms with Crippen molar-refractivity contribution in [1.82, 2.24) is 0 Å². The van der Waals surface area contributed by atoms with Crippen LogP contribution < -0.4 is 19.5 Å². The Morgan fingerprint density at radius 1 is 1.04 bits per heavy atom. The van der Waals surface area contributed by atoms with Gasteiger partial charge in [0, 0.05) is 6.07 Å². The third-order valence-electron chi connectivity index (χ3n) is 3.34. The van der Waals surface area contributed by atoms with Gasteiger partial charge < -0.3 is 19.5 Å². The second-order valence-electron chi connectivity index (χ2n) is 5.13. The predicted molar refractivity (Wildman–Crippen MR) is 89.4 cm³/mol. The Morgan fingerprint density at radius 2 is 1.83 bits per heavy atom. The smallest absolute Gasteiger partial charge is 0.265 e. The molecule has 0 aliphatic rings. The van der Waals surface area contributed by atoms with E-state index >= 15 is 0 Å². The number of carbonyl (C=O) groups is 1. The van der Waals surface area contributed by atoms with E-state index in [0.717, 1.165) is 5.56 Å². The SMILES string of the molecule is COc1ccc(OC)c(NC(=O)C(C)Oc2cccc(C)c2)c1. The van der Waals surface area contributed by atoms with Crippen LogP contribution in [-0.4, -0.2) is 26.2 Å². The van der Waals surface area contributed by atoms with Gasteiger partial charge >= 0.3 is 0 Å². The standard InChI is InChI=1S/C18H21NO4/c1-12-6-5-7-15(10-12)23-13(2)18(20)19-16-11-14(21-3)8-9-17(16)22-4/h5-11,13H,1-4H3,(H,19,20). The fraction of sp³-hybridized carbons (Fsp3) is 0.278. The third-order valence-corrected chi connectivity index (χ3v) is 3.34. The first kappa shape index (κ1) is 16.7. The molecular weight excluding hydrogens is 294 g/mol. The molecule has 0 saturated heterocycles. The molecule has 0 saturated carbocycles. The van der Waals surface area contributed by atoms with Crippen molar-refractivity contribution >= 4 is 11.6 Å². The summed E-state index contributed by atoms with van der Waals surface area (Å²) in [6.45, 7) is 3.67. The lowest BCUT2D eigenvalue weighted by Gasteiger charge is -2.17. The molecule has 5 nitrogen and oxygen atoms in total. The molecule has 0 aliphatic carbocycles. The van der Waals surface area contributed by atoms with E-state index < -0.39 is 6.10 Å². The van der Waals surface area contributed by atoms with Crippen molar-refractivity contribution in [2.45, 2.75) is 20.0 Å². The molecule has 23 heavy (non-hydrogen) atoms. The zero-order valence-electron chi connectivity index (χ0n) is 13.8. The van der Waals surface area contributed by atoms with E-state index in [1.54, 1.807) is 39.3 Å². The van der Waals surface area contributed by atoms with Gasteiger partial charge in [-0.3, -0.25) is 4.79 Å². The minimum absolute atomic E-state index is 0.266. The number of benzene rings is 2. The molecule has 0 fully saturated rings. The van der Waals surface area contributed by atoms with E-state index in [9.17, 15) is 4.79 Å². The summed E-state index contributed by atoms with van der Waals surface area (Å²) in [5.74, 6) is 1.58. The van der Waals surface area contributed by atoms with Crippen LogP contribution in [0.1, 0.15) is 12.5 Å². The van der Waals surface area contributed by atoms with Crippen LogP contribution in [0, 0.1) is 6.92 Å². The second kappa shape index (κ2) is 7.54. The number of methoxy groups -OCH3 is 2. The number of ether oxygens (including phenoxy) is 3. The average Bonchev–Trinajstić information content (AvgIpc) is 2.54. The van der Waals surface area contributed by atoms with Crippen molar-refractivity contribution in [3.63, 3.8) is 0 Å². The molecular formula is C18H21NO4. The van der Waals surface area contributed by atoms with Crippen LogP contribution in [0.2, 0.25) is 0 Å². The predicted octanol–water partition coefficient (Wildman–Crippen LogP) is 3.42. The van der Waals surface area contributed by atoms with Gasteiger partial charge in [-0.05, 0) is 43.7 Å². The summed E-state index contributed by atoms with van der Waals surface area (Å²) in [5.41, 5.74) is 1.61. The van der Waals surface area contributed by atoms with Gasteiger partial charge in [0.25, 0.3) is 5.91 Å². The number of aryl methyl sites for hydroxylation is 1. The number of anilines is 1. The molecule has 122 valence electrons. The van der Waals surface area contributed by atoms with E-state index in [0.29, 0.717) is 22.9 Å². The van der Waals surface area contributed by atoms with E-state index in [4.69, 9.17) is 14.2 Å². The van der Waals surface area contributed by atoms with Crippen molar-refractivity contribution in [3.8, 4) is 17.2 Å². The average molecular weight is 315 g/mol. The first-order valence-corrected chi connectivity index (χ1v) is 7.29. The molecule has 5 heteroatoms. The topological polar surface area (TPSA) is 56.8 Å². The van der Waals surface area contributed by atoms with Crippen molar-refractivity contribution in [1.29, 1.82) is 0 Å². The lowest BCUT2D eigenvalue weighted by Crippen LogP contribution is -2.30. The summed E-state index contributed by atoms with van der Waals surface area (Å²) in [4.78, 5) is 12.3. The number of hydrogen-bond acceptors (Lipinski definition) is 4. The molecule has 1 atom stereocenters. The number of amides is 1. The molecule has 1 N–H and O–H groups in total. The number of rotatable bonds is 6. The monoisotopic (exact) mass is 315 g/mol. The lowest BCUT2D eigenvalue weighted by molar-refractivity contribution is -0.122. The molecule has 2 rings (SSSR count). The van der Waals surface area contributed by atoms with Crippen LogP contribution in [0.25, 0.3) is 0 Å². The van der Waals surface area contributed by atoms with E-state index in [-0.39, 0.29) is 5.91 Å². The van der Waals surface area contributed by atoms with Crippen molar-refractivity contribution in [2.75, 3.05) is 19.5 Å². The van der Waals surface area contributed by atoms with E-state index in [1.807, 2.05) is 31.2 Å². The van der Waals surface area contributed by atoms with Crippen LogP contribution in [0.15, 0.2) is 42.5 Å². The Morgan fingerprint density at radius 3 is 2.48 bits per heavy atom. The van der Waals surface area contributed by atoms with Crippen LogP contribution in [-0.2, 0) is 4.79 Å². The van der Waals surface area contributed by atoms with Crippen molar-refractivity contribution in [3.05, 3.63) is 48.0 Å². The van der Waals surface area contributed by atoms with Gasteiger partial charge in [-0.2, -0.15) is 0 Å². The highest BCUT2D eigenvalue weighted by atomic mass is 16.5. The van der Waals surface area contributed by atoms with E-state index in [1.165, 1.54) is 0 Å². The van der Waals surface area contributed by atoms with Crippen molar-refractivity contribution < 1.29 is 19.0 Å². The Bertz CT molecular complexity index is 684. The van der Waals surface area contributed by atoms with Crippen LogP contribution in [0.4, 0.5) is 5.69 Å². The summed E-state index contributed by atoms with van der Waals surface area (Å²) >= 11 is 0. The first-order chi connectivity index (χ1) is 11.0.